The number of benzene rings is 2. The lowest BCUT2D eigenvalue weighted by Crippen LogP contribution is -2.67. The average Bonchev–Trinajstić information content (AvgIpc) is 2.53. The summed E-state index contributed by atoms with van der Waals surface area (Å²) in [6.45, 7) is 4.48. The summed E-state index contributed by atoms with van der Waals surface area (Å²) in [5, 5.41) is 7.33. The van der Waals surface area contributed by atoms with Crippen LogP contribution in [0, 0.1) is 11.6 Å². The molecule has 1 fully saturated rings. The van der Waals surface area contributed by atoms with Crippen molar-refractivity contribution in [2.75, 3.05) is 10.6 Å². The summed E-state index contributed by atoms with van der Waals surface area (Å²) in [6.07, 6.45) is 1.82. The average molecular weight is 326 g/mol. The zero-order chi connectivity index (χ0) is 16.7. The molecule has 2 nitrogen and oxygen atoms in total. The molecule has 0 amide bonds. The van der Waals surface area contributed by atoms with Crippen LogP contribution in [0.1, 0.15) is 49.7 Å². The minimum Gasteiger partial charge on any atom is -0.377 e. The normalized spacial score (nSPS) is 35.3. The molecular weight excluding hydrogens is 306 g/mol. The van der Waals surface area contributed by atoms with Crippen LogP contribution in [0.4, 0.5) is 20.2 Å². The molecule has 0 aromatic heterocycles. The summed E-state index contributed by atoms with van der Waals surface area (Å²) in [6, 6.07) is 10.00. The maximum atomic E-state index is 13.9. The number of hydrogen-bond acceptors (Lipinski definition) is 2. The van der Waals surface area contributed by atoms with Crippen molar-refractivity contribution in [3.8, 4) is 0 Å². The van der Waals surface area contributed by atoms with Gasteiger partial charge in [-0.15, -0.1) is 0 Å². The van der Waals surface area contributed by atoms with Gasteiger partial charge in [-0.2, -0.15) is 0 Å². The highest BCUT2D eigenvalue weighted by molar-refractivity contribution is 5.67. The second-order valence-corrected chi connectivity index (χ2v) is 8.00. The Morgan fingerprint density at radius 1 is 0.792 bits per heavy atom. The van der Waals surface area contributed by atoms with Crippen molar-refractivity contribution < 1.29 is 8.78 Å². The Morgan fingerprint density at radius 3 is 1.62 bits per heavy atom. The Morgan fingerprint density at radius 2 is 1.21 bits per heavy atom. The molecule has 4 atom stereocenters. The van der Waals surface area contributed by atoms with Crippen LogP contribution >= 0.6 is 0 Å². The monoisotopic (exact) mass is 326 g/mol. The van der Waals surface area contributed by atoms with E-state index in [1.54, 1.807) is 12.1 Å². The second-order valence-electron chi connectivity index (χ2n) is 8.00. The first-order valence-electron chi connectivity index (χ1n) is 8.54. The first-order chi connectivity index (χ1) is 11.4. The molecule has 1 saturated carbocycles. The lowest BCUT2D eigenvalue weighted by Gasteiger charge is -2.61. The summed E-state index contributed by atoms with van der Waals surface area (Å²) in [4.78, 5) is 0. The molecule has 0 saturated heterocycles. The van der Waals surface area contributed by atoms with Crippen LogP contribution in [0.15, 0.2) is 36.4 Å². The lowest BCUT2D eigenvalue weighted by molar-refractivity contribution is 0.164. The molecule has 2 aromatic carbocycles. The fraction of sp³-hybridized carbons (Fsp3) is 0.400. The third kappa shape index (κ3) is 1.69. The molecule has 2 aliphatic heterocycles. The van der Waals surface area contributed by atoms with Crippen LogP contribution in [0.2, 0.25) is 0 Å². The van der Waals surface area contributed by atoms with Crippen molar-refractivity contribution >= 4 is 11.4 Å². The Kier molecular flexibility index (Phi) is 2.55. The van der Waals surface area contributed by atoms with Crippen LogP contribution in [-0.4, -0.2) is 11.1 Å². The number of nitrogens with one attached hydrogen (secondary N) is 2. The van der Waals surface area contributed by atoms with E-state index in [1.165, 1.54) is 12.1 Å². The molecule has 1 aliphatic carbocycles. The minimum absolute atomic E-state index is 0.134. The molecule has 4 bridgehead atoms. The predicted molar refractivity (Wildman–Crippen MR) is 91.6 cm³/mol. The van der Waals surface area contributed by atoms with Gasteiger partial charge < -0.3 is 10.6 Å². The lowest BCUT2D eigenvalue weighted by atomic mass is 9.54. The number of fused-ring (bicyclic) bond motifs is 10. The number of rotatable bonds is 0. The van der Waals surface area contributed by atoms with Crippen LogP contribution in [-0.2, 0) is 0 Å². The summed E-state index contributed by atoms with van der Waals surface area (Å²) in [7, 11) is 0. The zero-order valence-corrected chi connectivity index (χ0v) is 13.8. The highest BCUT2D eigenvalue weighted by Gasteiger charge is 2.58. The Hall–Kier alpha value is -2.10. The molecule has 4 unspecified atom stereocenters. The third-order valence-corrected chi connectivity index (χ3v) is 6.61. The largest absolute Gasteiger partial charge is 0.377 e. The van der Waals surface area contributed by atoms with Crippen molar-refractivity contribution in [3.05, 3.63) is 59.2 Å². The van der Waals surface area contributed by atoms with E-state index < -0.39 is 0 Å². The Labute approximate surface area is 140 Å². The van der Waals surface area contributed by atoms with Crippen LogP contribution in [0.25, 0.3) is 0 Å². The van der Waals surface area contributed by atoms with Crippen LogP contribution in [0.5, 0.6) is 0 Å². The van der Waals surface area contributed by atoms with Gasteiger partial charge in [-0.1, -0.05) is 0 Å². The van der Waals surface area contributed by atoms with E-state index in [1.807, 2.05) is 12.1 Å². The summed E-state index contributed by atoms with van der Waals surface area (Å²) in [5.41, 5.74) is 3.80. The maximum Gasteiger partial charge on any atom is 0.123 e. The van der Waals surface area contributed by atoms with Crippen molar-refractivity contribution in [1.82, 2.24) is 0 Å². The van der Waals surface area contributed by atoms with Crippen molar-refractivity contribution in [2.45, 2.75) is 49.6 Å². The molecular formula is C20H20F2N2. The van der Waals surface area contributed by atoms with Gasteiger partial charge in [0.1, 0.15) is 11.6 Å². The highest BCUT2D eigenvalue weighted by Crippen LogP contribution is 2.61. The third-order valence-electron chi connectivity index (χ3n) is 6.61. The summed E-state index contributed by atoms with van der Waals surface area (Å²) in [5.74, 6) is -0.00266. The van der Waals surface area contributed by atoms with Crippen LogP contribution < -0.4 is 10.6 Å². The van der Waals surface area contributed by atoms with E-state index in [4.69, 9.17) is 0 Å². The van der Waals surface area contributed by atoms with E-state index in [9.17, 15) is 8.78 Å². The fourth-order valence-corrected chi connectivity index (χ4v) is 5.15. The Balaban J connectivity index is 1.76. The molecule has 3 aliphatic rings. The Bertz CT molecular complexity index is 793. The fourth-order valence-electron chi connectivity index (χ4n) is 5.15. The standard InChI is InChI=1S/C20H20F2N2/c1-19-9-15(13-7-11(21)3-5-17(13)23-19)16-10-20(19,2)24-18-6-4-12(22)8-14(16)18/h3-8,15-16,23-24H,9-10H2,1-2H3. The van der Waals surface area contributed by atoms with Crippen LogP contribution in [0.3, 0.4) is 0 Å². The molecule has 4 heteroatoms. The maximum absolute atomic E-state index is 13.9. The summed E-state index contributed by atoms with van der Waals surface area (Å²) >= 11 is 0. The second kappa shape index (κ2) is 4.29. The van der Waals surface area contributed by atoms with Gasteiger partial charge in [-0.25, -0.2) is 8.78 Å². The zero-order valence-electron chi connectivity index (χ0n) is 13.8. The van der Waals surface area contributed by atoms with Gasteiger partial charge in [-0.3, -0.25) is 0 Å². The SMILES string of the molecule is CC12CC(c3cc(F)ccc3N1)C1CC2(C)Nc2ccc(F)cc21. The van der Waals surface area contributed by atoms with E-state index in [2.05, 4.69) is 24.5 Å². The molecule has 2 heterocycles. The van der Waals surface area contributed by atoms with Crippen molar-refractivity contribution in [2.24, 2.45) is 0 Å². The smallest absolute Gasteiger partial charge is 0.123 e. The van der Waals surface area contributed by atoms with Gasteiger partial charge >= 0.3 is 0 Å². The molecule has 0 radical (unpaired) electrons. The van der Waals surface area contributed by atoms with E-state index in [-0.39, 0.29) is 34.5 Å². The van der Waals surface area contributed by atoms with Gasteiger partial charge in [0, 0.05) is 11.4 Å². The number of hydrogen-bond donors (Lipinski definition) is 2. The van der Waals surface area contributed by atoms with E-state index in [0.29, 0.717) is 0 Å². The van der Waals surface area contributed by atoms with Gasteiger partial charge in [0.25, 0.3) is 0 Å². The number of halogens is 2. The number of anilines is 2. The molecule has 5 rings (SSSR count). The molecule has 124 valence electrons. The van der Waals surface area contributed by atoms with Gasteiger partial charge in [0.2, 0.25) is 0 Å². The molecule has 2 aromatic rings. The van der Waals surface area contributed by atoms with Gasteiger partial charge in [0.05, 0.1) is 11.1 Å². The summed E-state index contributed by atoms with van der Waals surface area (Å²) < 4.78 is 27.7. The van der Waals surface area contributed by atoms with Gasteiger partial charge in [0.15, 0.2) is 0 Å². The first kappa shape index (κ1) is 14.3. The quantitative estimate of drug-likeness (QED) is 0.712. The van der Waals surface area contributed by atoms with Crippen molar-refractivity contribution in [3.63, 3.8) is 0 Å². The molecule has 0 spiro atoms. The molecule has 2 N–H and O–H groups in total. The first-order valence-corrected chi connectivity index (χ1v) is 8.54. The minimum atomic E-state index is -0.208. The van der Waals surface area contributed by atoms with E-state index >= 15 is 0 Å². The van der Waals surface area contributed by atoms with Crippen molar-refractivity contribution in [1.29, 1.82) is 0 Å². The topological polar surface area (TPSA) is 24.1 Å². The van der Waals surface area contributed by atoms with Gasteiger partial charge in [-0.05, 0) is 86.1 Å². The highest BCUT2D eigenvalue weighted by atomic mass is 19.1. The molecule has 24 heavy (non-hydrogen) atoms. The van der Waals surface area contributed by atoms with E-state index in [0.717, 1.165) is 35.3 Å². The predicted octanol–water partition coefficient (Wildman–Crippen LogP) is 4.99.